The molecule has 0 spiro atoms. The number of hydroxylamine groups is 2. The Bertz CT molecular complexity index is 122. The number of aldehydes is 1. The van der Waals surface area contributed by atoms with Gasteiger partial charge < -0.3 is 4.79 Å². The number of rotatable bonds is 4. The van der Waals surface area contributed by atoms with Crippen molar-refractivity contribution in [2.45, 2.75) is 19.3 Å². The van der Waals surface area contributed by atoms with Gasteiger partial charge in [-0.15, -0.1) is 0 Å². The van der Waals surface area contributed by atoms with Crippen molar-refractivity contribution < 1.29 is 14.8 Å². The van der Waals surface area contributed by atoms with Gasteiger partial charge in [0.2, 0.25) is 5.91 Å². The third-order valence-electron chi connectivity index (χ3n) is 1.07. The summed E-state index contributed by atoms with van der Waals surface area (Å²) in [5.41, 5.74) is 0. The SMILES string of the molecule is CN(O)C(=O)CCCC=O. The van der Waals surface area contributed by atoms with Crippen LogP contribution >= 0.6 is 0 Å². The van der Waals surface area contributed by atoms with Gasteiger partial charge in [0, 0.05) is 19.9 Å². The highest BCUT2D eigenvalue weighted by Gasteiger charge is 2.03. The van der Waals surface area contributed by atoms with Crippen LogP contribution < -0.4 is 0 Å². The summed E-state index contributed by atoms with van der Waals surface area (Å²) in [6.45, 7) is 0. The van der Waals surface area contributed by atoms with Gasteiger partial charge in [-0.2, -0.15) is 0 Å². The summed E-state index contributed by atoms with van der Waals surface area (Å²) >= 11 is 0. The van der Waals surface area contributed by atoms with Gasteiger partial charge in [0.15, 0.2) is 0 Å². The first kappa shape index (κ1) is 9.10. The second-order valence-corrected chi connectivity index (χ2v) is 1.98. The molecule has 0 radical (unpaired) electrons. The molecule has 4 heteroatoms. The Labute approximate surface area is 59.4 Å². The van der Waals surface area contributed by atoms with Crippen LogP contribution in [0.15, 0.2) is 0 Å². The highest BCUT2D eigenvalue weighted by Crippen LogP contribution is 1.94. The fourth-order valence-electron chi connectivity index (χ4n) is 0.498. The predicted octanol–water partition coefficient (Wildman–Crippen LogP) is 0.203. The van der Waals surface area contributed by atoms with E-state index >= 15 is 0 Å². The summed E-state index contributed by atoms with van der Waals surface area (Å²) in [4.78, 5) is 20.3. The largest absolute Gasteiger partial charge is 0.303 e. The van der Waals surface area contributed by atoms with Crippen molar-refractivity contribution in [3.8, 4) is 0 Å². The van der Waals surface area contributed by atoms with E-state index in [0.29, 0.717) is 17.9 Å². The van der Waals surface area contributed by atoms with E-state index in [-0.39, 0.29) is 12.3 Å². The van der Waals surface area contributed by atoms with Crippen molar-refractivity contribution in [1.82, 2.24) is 5.06 Å². The minimum Gasteiger partial charge on any atom is -0.303 e. The monoisotopic (exact) mass is 145 g/mol. The van der Waals surface area contributed by atoms with E-state index in [2.05, 4.69) is 0 Å². The average molecular weight is 145 g/mol. The molecule has 0 heterocycles. The first-order valence-electron chi connectivity index (χ1n) is 3.07. The standard InChI is InChI=1S/C6H11NO3/c1-7(10)6(9)4-2-3-5-8/h5,10H,2-4H2,1H3. The highest BCUT2D eigenvalue weighted by atomic mass is 16.5. The molecule has 0 bridgehead atoms. The molecule has 0 aromatic carbocycles. The molecule has 10 heavy (non-hydrogen) atoms. The molecule has 0 unspecified atom stereocenters. The Morgan fingerprint density at radius 1 is 1.70 bits per heavy atom. The van der Waals surface area contributed by atoms with Crippen LogP contribution in [0.3, 0.4) is 0 Å². The number of carbonyl (C=O) groups excluding carboxylic acids is 2. The minimum absolute atomic E-state index is 0.228. The Morgan fingerprint density at radius 2 is 2.30 bits per heavy atom. The fraction of sp³-hybridized carbons (Fsp3) is 0.667. The van der Waals surface area contributed by atoms with E-state index in [9.17, 15) is 9.59 Å². The van der Waals surface area contributed by atoms with Crippen LogP contribution in [-0.2, 0) is 9.59 Å². The molecule has 1 N–H and O–H groups in total. The number of carbonyl (C=O) groups is 2. The van der Waals surface area contributed by atoms with Gasteiger partial charge in [-0.1, -0.05) is 0 Å². The lowest BCUT2D eigenvalue weighted by Crippen LogP contribution is -2.21. The first-order valence-corrected chi connectivity index (χ1v) is 3.07. The zero-order valence-corrected chi connectivity index (χ0v) is 5.91. The molecule has 0 saturated heterocycles. The summed E-state index contributed by atoms with van der Waals surface area (Å²) in [6.07, 6.45) is 1.86. The number of nitrogens with zero attached hydrogens (tertiary/aromatic N) is 1. The molecule has 0 saturated carbocycles. The number of amides is 1. The quantitative estimate of drug-likeness (QED) is 0.266. The third-order valence-corrected chi connectivity index (χ3v) is 1.07. The Kier molecular flexibility index (Phi) is 4.49. The smallest absolute Gasteiger partial charge is 0.245 e. The molecule has 0 aromatic heterocycles. The topological polar surface area (TPSA) is 57.6 Å². The summed E-state index contributed by atoms with van der Waals surface area (Å²) in [5, 5.41) is 9.05. The maximum Gasteiger partial charge on any atom is 0.245 e. The van der Waals surface area contributed by atoms with Crippen molar-refractivity contribution >= 4 is 12.2 Å². The Hall–Kier alpha value is -0.900. The number of unbranched alkanes of at least 4 members (excludes halogenated alkanes) is 1. The van der Waals surface area contributed by atoms with Crippen LogP contribution in [0.5, 0.6) is 0 Å². The fourth-order valence-corrected chi connectivity index (χ4v) is 0.498. The van der Waals surface area contributed by atoms with Gasteiger partial charge in [0.1, 0.15) is 6.29 Å². The van der Waals surface area contributed by atoms with E-state index in [0.717, 1.165) is 6.29 Å². The third kappa shape index (κ3) is 4.03. The van der Waals surface area contributed by atoms with Crippen molar-refractivity contribution in [3.05, 3.63) is 0 Å². The van der Waals surface area contributed by atoms with Crippen molar-refractivity contribution in [2.75, 3.05) is 7.05 Å². The van der Waals surface area contributed by atoms with Crippen LogP contribution in [-0.4, -0.2) is 29.5 Å². The first-order chi connectivity index (χ1) is 4.68. The number of hydrogen-bond acceptors (Lipinski definition) is 3. The molecule has 0 aliphatic heterocycles. The zero-order valence-electron chi connectivity index (χ0n) is 5.91. The highest BCUT2D eigenvalue weighted by molar-refractivity contribution is 5.74. The van der Waals surface area contributed by atoms with E-state index in [1.54, 1.807) is 0 Å². The van der Waals surface area contributed by atoms with Gasteiger partial charge >= 0.3 is 0 Å². The van der Waals surface area contributed by atoms with Gasteiger partial charge in [0.05, 0.1) is 0 Å². The van der Waals surface area contributed by atoms with Gasteiger partial charge in [-0.05, 0) is 6.42 Å². The van der Waals surface area contributed by atoms with Crippen molar-refractivity contribution in [1.29, 1.82) is 0 Å². The lowest BCUT2D eigenvalue weighted by Gasteiger charge is -2.05. The lowest BCUT2D eigenvalue weighted by molar-refractivity contribution is -0.159. The Balaban J connectivity index is 3.30. The minimum atomic E-state index is -0.359. The van der Waals surface area contributed by atoms with Gasteiger partial charge in [-0.25, -0.2) is 5.06 Å². The van der Waals surface area contributed by atoms with Crippen LogP contribution in [0.25, 0.3) is 0 Å². The lowest BCUT2D eigenvalue weighted by atomic mass is 10.2. The molecule has 0 rings (SSSR count). The normalized spacial score (nSPS) is 9.00. The van der Waals surface area contributed by atoms with Gasteiger partial charge in [-0.3, -0.25) is 10.0 Å². The summed E-state index contributed by atoms with van der Waals surface area (Å²) in [7, 11) is 1.27. The van der Waals surface area contributed by atoms with Crippen molar-refractivity contribution in [2.24, 2.45) is 0 Å². The van der Waals surface area contributed by atoms with E-state index in [1.807, 2.05) is 0 Å². The molecule has 0 aliphatic rings. The maximum absolute atomic E-state index is 10.6. The maximum atomic E-state index is 10.6. The van der Waals surface area contributed by atoms with E-state index < -0.39 is 0 Å². The van der Waals surface area contributed by atoms with Crippen LogP contribution in [0.1, 0.15) is 19.3 Å². The molecule has 0 fully saturated rings. The van der Waals surface area contributed by atoms with Crippen LogP contribution in [0.4, 0.5) is 0 Å². The van der Waals surface area contributed by atoms with E-state index in [1.165, 1.54) is 7.05 Å². The molecule has 4 nitrogen and oxygen atoms in total. The summed E-state index contributed by atoms with van der Waals surface area (Å²) in [6, 6.07) is 0. The molecule has 0 aliphatic carbocycles. The molecule has 1 amide bonds. The second kappa shape index (κ2) is 4.93. The molecule has 58 valence electrons. The van der Waals surface area contributed by atoms with Gasteiger partial charge in [0.25, 0.3) is 0 Å². The zero-order chi connectivity index (χ0) is 7.98. The second-order valence-electron chi connectivity index (χ2n) is 1.98. The predicted molar refractivity (Wildman–Crippen MR) is 34.5 cm³/mol. The average Bonchev–Trinajstić information content (AvgIpc) is 1.88. The van der Waals surface area contributed by atoms with E-state index in [4.69, 9.17) is 5.21 Å². The Morgan fingerprint density at radius 3 is 2.70 bits per heavy atom. The number of hydrogen-bond donors (Lipinski definition) is 1. The summed E-state index contributed by atoms with van der Waals surface area (Å²) < 4.78 is 0. The molecular weight excluding hydrogens is 134 g/mol. The molecule has 0 atom stereocenters. The summed E-state index contributed by atoms with van der Waals surface area (Å²) in [5.74, 6) is -0.359. The van der Waals surface area contributed by atoms with Crippen LogP contribution in [0, 0.1) is 0 Å². The van der Waals surface area contributed by atoms with Crippen molar-refractivity contribution in [3.63, 3.8) is 0 Å². The molecular formula is C6H11NO3. The van der Waals surface area contributed by atoms with Crippen LogP contribution in [0.2, 0.25) is 0 Å². The molecule has 0 aromatic rings.